The van der Waals surface area contributed by atoms with E-state index in [1.54, 1.807) is 30.9 Å². The van der Waals surface area contributed by atoms with Crippen LogP contribution in [0, 0.1) is 17.3 Å². The van der Waals surface area contributed by atoms with Crippen molar-refractivity contribution in [2.24, 2.45) is 17.3 Å². The number of pyridine rings is 1. The van der Waals surface area contributed by atoms with Crippen molar-refractivity contribution < 1.29 is 9.90 Å². The first-order valence-corrected chi connectivity index (χ1v) is 11.5. The zero-order valence-corrected chi connectivity index (χ0v) is 17.8. The molecule has 2 aromatic rings. The molecule has 3 heterocycles. The van der Waals surface area contributed by atoms with Gasteiger partial charge in [0.2, 0.25) is 0 Å². The summed E-state index contributed by atoms with van der Waals surface area (Å²) in [7, 11) is 0. The van der Waals surface area contributed by atoms with E-state index in [-0.39, 0.29) is 11.3 Å². The summed E-state index contributed by atoms with van der Waals surface area (Å²) in [6.45, 7) is 2.01. The summed E-state index contributed by atoms with van der Waals surface area (Å²) in [5, 5.41) is 14.7. The Morgan fingerprint density at radius 1 is 1.23 bits per heavy atom. The lowest BCUT2D eigenvalue weighted by Crippen LogP contribution is -2.57. The van der Waals surface area contributed by atoms with E-state index in [0.29, 0.717) is 30.5 Å². The molecule has 2 N–H and O–H groups in total. The van der Waals surface area contributed by atoms with E-state index in [4.69, 9.17) is 0 Å². The van der Waals surface area contributed by atoms with Crippen LogP contribution in [0.15, 0.2) is 30.9 Å². The number of carbonyl (C=O) groups excluding carboxylic acids is 1. The number of anilines is 1. The van der Waals surface area contributed by atoms with Gasteiger partial charge in [-0.05, 0) is 74.3 Å². The fourth-order valence-corrected chi connectivity index (χ4v) is 7.23. The highest BCUT2D eigenvalue weighted by molar-refractivity contribution is 5.94. The average Bonchev–Trinajstić information content (AvgIpc) is 2.76. The van der Waals surface area contributed by atoms with Crippen LogP contribution >= 0.6 is 0 Å². The smallest absolute Gasteiger partial charge is 0.255 e. The third kappa shape index (κ3) is 3.39. The van der Waals surface area contributed by atoms with Crippen LogP contribution in [-0.2, 0) is 13.0 Å². The standard InChI is InChI=1S/C24H29N5O2/c30-22(18-2-1-4-25-11-18)29-5-3-19-20(12-29)27-15-28-21(19)26-14-23-7-16-6-17(8-23)10-24(31,9-16)13-23/h1-2,4,11,15-17,31H,3,5-10,12-14H2,(H,26,27,28). The lowest BCUT2D eigenvalue weighted by molar-refractivity contribution is -0.158. The van der Waals surface area contributed by atoms with Crippen LogP contribution in [0.4, 0.5) is 5.82 Å². The molecule has 0 aromatic carbocycles. The molecule has 2 atom stereocenters. The van der Waals surface area contributed by atoms with Gasteiger partial charge in [0.25, 0.3) is 5.91 Å². The van der Waals surface area contributed by atoms with Crippen LogP contribution in [0.2, 0.25) is 0 Å². The minimum Gasteiger partial charge on any atom is -0.390 e. The van der Waals surface area contributed by atoms with Crippen LogP contribution in [0.5, 0.6) is 0 Å². The molecule has 162 valence electrons. The molecule has 1 aliphatic heterocycles. The Hall–Kier alpha value is -2.54. The summed E-state index contributed by atoms with van der Waals surface area (Å²) in [4.78, 5) is 27.8. The molecule has 0 radical (unpaired) electrons. The van der Waals surface area contributed by atoms with Crippen molar-refractivity contribution >= 4 is 11.7 Å². The number of aliphatic hydroxyl groups is 1. The highest BCUT2D eigenvalue weighted by Gasteiger charge is 2.56. The first-order chi connectivity index (χ1) is 15.0. The van der Waals surface area contributed by atoms with Crippen molar-refractivity contribution in [2.75, 3.05) is 18.4 Å². The highest BCUT2D eigenvalue weighted by atomic mass is 16.3. The van der Waals surface area contributed by atoms with Crippen LogP contribution in [0.25, 0.3) is 0 Å². The van der Waals surface area contributed by atoms with Gasteiger partial charge >= 0.3 is 0 Å². The van der Waals surface area contributed by atoms with E-state index in [2.05, 4.69) is 20.3 Å². The first-order valence-electron chi connectivity index (χ1n) is 11.5. The van der Waals surface area contributed by atoms with Crippen molar-refractivity contribution in [3.63, 3.8) is 0 Å². The third-order valence-corrected chi connectivity index (χ3v) is 7.98. The van der Waals surface area contributed by atoms with Gasteiger partial charge in [-0.2, -0.15) is 0 Å². The number of hydrogen-bond donors (Lipinski definition) is 2. The molecule has 5 aliphatic rings. The molecular formula is C24H29N5O2. The molecule has 0 saturated heterocycles. The minimum absolute atomic E-state index is 0.00585. The van der Waals surface area contributed by atoms with Crippen molar-refractivity contribution in [3.05, 3.63) is 47.7 Å². The molecule has 7 rings (SSSR count). The maximum Gasteiger partial charge on any atom is 0.255 e. The Morgan fingerprint density at radius 3 is 2.81 bits per heavy atom. The van der Waals surface area contributed by atoms with Crippen LogP contribution in [0.1, 0.15) is 60.1 Å². The zero-order valence-electron chi connectivity index (χ0n) is 17.8. The second kappa shape index (κ2) is 6.99. The number of amides is 1. The van der Waals surface area contributed by atoms with E-state index < -0.39 is 5.60 Å². The minimum atomic E-state index is -0.440. The predicted molar refractivity (Wildman–Crippen MR) is 115 cm³/mol. The van der Waals surface area contributed by atoms with E-state index in [9.17, 15) is 9.90 Å². The molecule has 7 heteroatoms. The summed E-state index contributed by atoms with van der Waals surface area (Å²) < 4.78 is 0. The fraction of sp³-hybridized carbons (Fsp3) is 0.583. The summed E-state index contributed by atoms with van der Waals surface area (Å²) >= 11 is 0. The number of rotatable bonds is 4. The normalized spacial score (nSPS) is 33.3. The SMILES string of the molecule is O=C(c1cccnc1)N1CCc2c(ncnc2NCC23CC4CC(CC(O)(C4)C2)C3)C1. The largest absolute Gasteiger partial charge is 0.390 e. The molecular weight excluding hydrogens is 390 g/mol. The van der Waals surface area contributed by atoms with Crippen molar-refractivity contribution in [1.29, 1.82) is 0 Å². The van der Waals surface area contributed by atoms with Gasteiger partial charge in [0.1, 0.15) is 12.1 Å². The molecule has 2 unspecified atom stereocenters. The molecule has 4 aliphatic carbocycles. The maximum atomic E-state index is 12.8. The van der Waals surface area contributed by atoms with Gasteiger partial charge in [0.15, 0.2) is 0 Å². The number of aromatic nitrogens is 3. The van der Waals surface area contributed by atoms with Crippen molar-refractivity contribution in [2.45, 2.75) is 57.1 Å². The monoisotopic (exact) mass is 419 g/mol. The average molecular weight is 420 g/mol. The first kappa shape index (κ1) is 19.2. The summed E-state index contributed by atoms with van der Waals surface area (Å²) in [5.74, 6) is 2.26. The van der Waals surface area contributed by atoms with Gasteiger partial charge < -0.3 is 15.3 Å². The fourth-order valence-electron chi connectivity index (χ4n) is 7.23. The number of carbonyl (C=O) groups is 1. The van der Waals surface area contributed by atoms with Gasteiger partial charge in [0.05, 0.1) is 23.4 Å². The number of hydrogen-bond acceptors (Lipinski definition) is 6. The summed E-state index contributed by atoms with van der Waals surface area (Å²) in [5.41, 5.74) is 2.40. The number of nitrogens with one attached hydrogen (secondary N) is 1. The molecule has 4 saturated carbocycles. The van der Waals surface area contributed by atoms with Crippen molar-refractivity contribution in [3.8, 4) is 0 Å². The quantitative estimate of drug-likeness (QED) is 0.792. The van der Waals surface area contributed by atoms with E-state index in [1.165, 1.54) is 19.3 Å². The Labute approximate surface area is 182 Å². The summed E-state index contributed by atoms with van der Waals surface area (Å²) in [6.07, 6.45) is 12.3. The highest BCUT2D eigenvalue weighted by Crippen LogP contribution is 2.61. The van der Waals surface area contributed by atoms with E-state index in [1.807, 2.05) is 4.90 Å². The maximum absolute atomic E-state index is 12.8. The lowest BCUT2D eigenvalue weighted by atomic mass is 9.48. The molecule has 31 heavy (non-hydrogen) atoms. The third-order valence-electron chi connectivity index (χ3n) is 7.98. The van der Waals surface area contributed by atoms with E-state index >= 15 is 0 Å². The van der Waals surface area contributed by atoms with Gasteiger partial charge in [-0.15, -0.1) is 0 Å². The molecule has 4 fully saturated rings. The number of fused-ring (bicyclic) bond motifs is 1. The second-order valence-corrected chi connectivity index (χ2v) is 10.4. The molecule has 7 nitrogen and oxygen atoms in total. The van der Waals surface area contributed by atoms with Crippen molar-refractivity contribution in [1.82, 2.24) is 19.9 Å². The molecule has 2 aromatic heterocycles. The zero-order chi connectivity index (χ0) is 21.1. The molecule has 4 bridgehead atoms. The number of nitrogens with zero attached hydrogens (tertiary/aromatic N) is 4. The topological polar surface area (TPSA) is 91.2 Å². The van der Waals surface area contributed by atoms with E-state index in [0.717, 1.165) is 49.3 Å². The van der Waals surface area contributed by atoms with Gasteiger partial charge in [-0.1, -0.05) is 0 Å². The van der Waals surface area contributed by atoms with Crippen LogP contribution in [-0.4, -0.2) is 49.6 Å². The van der Waals surface area contributed by atoms with Gasteiger partial charge in [-0.25, -0.2) is 9.97 Å². The second-order valence-electron chi connectivity index (χ2n) is 10.4. The lowest BCUT2D eigenvalue weighted by Gasteiger charge is -2.60. The summed E-state index contributed by atoms with van der Waals surface area (Å²) in [6, 6.07) is 3.59. The molecule has 0 spiro atoms. The Bertz CT molecular complexity index is 996. The Balaban J connectivity index is 1.18. The van der Waals surface area contributed by atoms with Crippen LogP contribution in [0.3, 0.4) is 0 Å². The Morgan fingerprint density at radius 2 is 2.06 bits per heavy atom. The molecule has 1 amide bonds. The van der Waals surface area contributed by atoms with Gasteiger partial charge in [-0.3, -0.25) is 9.78 Å². The predicted octanol–water partition coefficient (Wildman–Crippen LogP) is 2.81. The van der Waals surface area contributed by atoms with Crippen LogP contribution < -0.4 is 5.32 Å². The van der Waals surface area contributed by atoms with Gasteiger partial charge in [0, 0.05) is 31.0 Å². The Kier molecular flexibility index (Phi) is 4.32.